The van der Waals surface area contributed by atoms with Gasteiger partial charge in [0.1, 0.15) is 5.76 Å². The molecule has 0 radical (unpaired) electrons. The topological polar surface area (TPSA) is 26.0 Å². The van der Waals surface area contributed by atoms with Gasteiger partial charge in [-0.2, -0.15) is 0 Å². The molecule has 0 saturated heterocycles. The first-order chi connectivity index (χ1) is 5.25. The average molecular weight is 153 g/mol. The van der Waals surface area contributed by atoms with Crippen molar-refractivity contribution in [2.75, 3.05) is 0 Å². The summed E-state index contributed by atoms with van der Waals surface area (Å²) in [6, 6.07) is 1.95. The summed E-state index contributed by atoms with van der Waals surface area (Å²) in [6.45, 7) is 6.58. The van der Waals surface area contributed by atoms with Crippen LogP contribution in [0.2, 0.25) is 0 Å². The predicted molar refractivity (Wildman–Crippen MR) is 44.4 cm³/mol. The smallest absolute Gasteiger partial charge is 0.140 e. The quantitative estimate of drug-likeness (QED) is 0.667. The Kier molecular flexibility index (Phi) is 2.69. The second-order valence-electron chi connectivity index (χ2n) is 3.17. The van der Waals surface area contributed by atoms with E-state index in [1.807, 2.05) is 6.07 Å². The summed E-state index contributed by atoms with van der Waals surface area (Å²) in [4.78, 5) is 0. The molecule has 0 aliphatic heterocycles. The van der Waals surface area contributed by atoms with Gasteiger partial charge in [0.15, 0.2) is 0 Å². The van der Waals surface area contributed by atoms with E-state index < -0.39 is 0 Å². The predicted octanol–water partition coefficient (Wildman–Crippen LogP) is 2.82. The fraction of sp³-hybridized carbons (Fsp3) is 0.667. The van der Waals surface area contributed by atoms with Crippen molar-refractivity contribution in [2.24, 2.45) is 5.92 Å². The van der Waals surface area contributed by atoms with Crippen LogP contribution in [-0.2, 0) is 0 Å². The number of aromatic nitrogens is 1. The zero-order chi connectivity index (χ0) is 8.27. The summed E-state index contributed by atoms with van der Waals surface area (Å²) in [5.74, 6) is 2.17. The summed E-state index contributed by atoms with van der Waals surface area (Å²) in [5.41, 5.74) is 0. The molecule has 1 heterocycles. The molecule has 0 aromatic carbocycles. The fourth-order valence-corrected chi connectivity index (χ4v) is 1.42. The molecule has 62 valence electrons. The molecule has 1 rings (SSSR count). The van der Waals surface area contributed by atoms with Crippen molar-refractivity contribution in [3.8, 4) is 0 Å². The van der Waals surface area contributed by atoms with Crippen molar-refractivity contribution < 1.29 is 4.52 Å². The second kappa shape index (κ2) is 3.56. The summed E-state index contributed by atoms with van der Waals surface area (Å²) < 4.78 is 5.10. The van der Waals surface area contributed by atoms with Crippen molar-refractivity contribution in [3.63, 3.8) is 0 Å². The van der Waals surface area contributed by atoms with E-state index >= 15 is 0 Å². The Balaban J connectivity index is 2.71. The molecule has 0 unspecified atom stereocenters. The molecule has 0 aliphatic rings. The van der Waals surface area contributed by atoms with E-state index in [4.69, 9.17) is 4.52 Å². The van der Waals surface area contributed by atoms with Crippen molar-refractivity contribution >= 4 is 0 Å². The van der Waals surface area contributed by atoms with Gasteiger partial charge in [0.2, 0.25) is 0 Å². The molecule has 2 nitrogen and oxygen atoms in total. The van der Waals surface area contributed by atoms with Crippen LogP contribution in [0.3, 0.4) is 0 Å². The largest absolute Gasteiger partial charge is 0.361 e. The van der Waals surface area contributed by atoms with Crippen LogP contribution in [0.4, 0.5) is 0 Å². The Hall–Kier alpha value is -0.790. The molecule has 1 aromatic rings. The van der Waals surface area contributed by atoms with Crippen molar-refractivity contribution in [2.45, 2.75) is 33.1 Å². The highest BCUT2D eigenvalue weighted by atomic mass is 16.5. The van der Waals surface area contributed by atoms with Gasteiger partial charge in [-0.15, -0.1) is 0 Å². The maximum absolute atomic E-state index is 5.10. The van der Waals surface area contributed by atoms with E-state index in [1.165, 1.54) is 0 Å². The Morgan fingerprint density at radius 1 is 1.55 bits per heavy atom. The first-order valence-corrected chi connectivity index (χ1v) is 4.16. The van der Waals surface area contributed by atoms with Gasteiger partial charge in [-0.25, -0.2) is 0 Å². The minimum Gasteiger partial charge on any atom is -0.361 e. The van der Waals surface area contributed by atoms with Gasteiger partial charge >= 0.3 is 0 Å². The maximum atomic E-state index is 5.10. The summed E-state index contributed by atoms with van der Waals surface area (Å²) in [5, 5.41) is 3.70. The summed E-state index contributed by atoms with van der Waals surface area (Å²) in [6.07, 6.45) is 2.83. The van der Waals surface area contributed by atoms with Gasteiger partial charge in [0.05, 0.1) is 6.20 Å². The van der Waals surface area contributed by atoms with Gasteiger partial charge in [-0.05, 0) is 12.3 Å². The van der Waals surface area contributed by atoms with Gasteiger partial charge in [0.25, 0.3) is 0 Å². The molecule has 0 fully saturated rings. The van der Waals surface area contributed by atoms with Crippen molar-refractivity contribution in [3.05, 3.63) is 18.0 Å². The number of rotatable bonds is 3. The van der Waals surface area contributed by atoms with E-state index in [9.17, 15) is 0 Å². The normalized spacial score (nSPS) is 13.8. The molecule has 0 aliphatic carbocycles. The zero-order valence-electron chi connectivity index (χ0n) is 7.37. The van der Waals surface area contributed by atoms with Crippen LogP contribution in [-0.4, -0.2) is 5.16 Å². The van der Waals surface area contributed by atoms with E-state index in [-0.39, 0.29) is 0 Å². The third-order valence-electron chi connectivity index (χ3n) is 2.07. The van der Waals surface area contributed by atoms with Gasteiger partial charge in [-0.1, -0.05) is 25.9 Å². The molecule has 0 amide bonds. The first kappa shape index (κ1) is 8.31. The van der Waals surface area contributed by atoms with E-state index in [0.29, 0.717) is 11.8 Å². The Morgan fingerprint density at radius 2 is 2.27 bits per heavy atom. The van der Waals surface area contributed by atoms with Crippen LogP contribution in [0.15, 0.2) is 16.8 Å². The van der Waals surface area contributed by atoms with Crippen molar-refractivity contribution in [1.29, 1.82) is 0 Å². The van der Waals surface area contributed by atoms with Gasteiger partial charge in [0, 0.05) is 12.0 Å². The number of hydrogen-bond donors (Lipinski definition) is 0. The van der Waals surface area contributed by atoms with Crippen molar-refractivity contribution in [1.82, 2.24) is 5.16 Å². The Bertz CT molecular complexity index is 191. The SMILES string of the molecule is CC[C@H](c1ccno1)C(C)C. The van der Waals surface area contributed by atoms with Gasteiger partial charge in [-0.3, -0.25) is 0 Å². The third kappa shape index (κ3) is 1.82. The number of hydrogen-bond acceptors (Lipinski definition) is 2. The highest BCUT2D eigenvalue weighted by molar-refractivity contribution is 5.02. The minimum absolute atomic E-state index is 0.525. The highest BCUT2D eigenvalue weighted by Crippen LogP contribution is 2.26. The van der Waals surface area contributed by atoms with Crippen LogP contribution in [0.25, 0.3) is 0 Å². The standard InChI is InChI=1S/C9H15NO/c1-4-8(7(2)3)9-5-6-10-11-9/h5-8H,4H2,1-3H3/t8-/m0/s1. The van der Waals surface area contributed by atoms with Crippen LogP contribution in [0.5, 0.6) is 0 Å². The van der Waals surface area contributed by atoms with E-state index in [2.05, 4.69) is 25.9 Å². The van der Waals surface area contributed by atoms with Crippen LogP contribution in [0, 0.1) is 5.92 Å². The lowest BCUT2D eigenvalue weighted by atomic mass is 9.91. The van der Waals surface area contributed by atoms with Crippen LogP contribution < -0.4 is 0 Å². The molecular formula is C9H15NO. The molecular weight excluding hydrogens is 138 g/mol. The minimum atomic E-state index is 0.525. The Labute approximate surface area is 67.6 Å². The molecule has 1 atom stereocenters. The van der Waals surface area contributed by atoms with Gasteiger partial charge < -0.3 is 4.52 Å². The molecule has 0 spiro atoms. The second-order valence-corrected chi connectivity index (χ2v) is 3.17. The van der Waals surface area contributed by atoms with E-state index in [1.54, 1.807) is 6.20 Å². The summed E-state index contributed by atoms with van der Waals surface area (Å²) >= 11 is 0. The maximum Gasteiger partial charge on any atom is 0.140 e. The van der Waals surface area contributed by atoms with Crippen LogP contribution in [0.1, 0.15) is 38.9 Å². The highest BCUT2D eigenvalue weighted by Gasteiger charge is 2.16. The lowest BCUT2D eigenvalue weighted by Crippen LogP contribution is -2.03. The lowest BCUT2D eigenvalue weighted by molar-refractivity contribution is 0.324. The van der Waals surface area contributed by atoms with E-state index in [0.717, 1.165) is 12.2 Å². The summed E-state index contributed by atoms with van der Waals surface area (Å²) in [7, 11) is 0. The average Bonchev–Trinajstić information content (AvgIpc) is 2.40. The molecule has 0 N–H and O–H groups in total. The molecule has 1 aromatic heterocycles. The zero-order valence-corrected chi connectivity index (χ0v) is 7.37. The monoisotopic (exact) mass is 153 g/mol. The molecule has 11 heavy (non-hydrogen) atoms. The lowest BCUT2D eigenvalue weighted by Gasteiger charge is -2.14. The first-order valence-electron chi connectivity index (χ1n) is 4.16. The Morgan fingerprint density at radius 3 is 2.64 bits per heavy atom. The molecule has 0 saturated carbocycles. The fourth-order valence-electron chi connectivity index (χ4n) is 1.42. The molecule has 2 heteroatoms. The van der Waals surface area contributed by atoms with Crippen LogP contribution >= 0.6 is 0 Å². The molecule has 0 bridgehead atoms. The number of nitrogens with zero attached hydrogens (tertiary/aromatic N) is 1. The third-order valence-corrected chi connectivity index (χ3v) is 2.07.